The van der Waals surface area contributed by atoms with Crippen LogP contribution in [-0.2, 0) is 4.74 Å². The highest BCUT2D eigenvalue weighted by atomic mass is 32.1. The number of carbonyl (C=O) groups excluding carboxylic acids is 1. The Hall–Kier alpha value is -1.68. The van der Waals surface area contributed by atoms with Crippen LogP contribution in [0.4, 0.5) is 0 Å². The van der Waals surface area contributed by atoms with E-state index in [1.807, 2.05) is 12.1 Å². The number of ether oxygens (including phenoxy) is 1. The third-order valence-corrected chi connectivity index (χ3v) is 2.85. The van der Waals surface area contributed by atoms with Crippen LogP contribution in [0.2, 0.25) is 0 Å². The lowest BCUT2D eigenvalue weighted by molar-refractivity contribution is 0.0601. The third-order valence-electron chi connectivity index (χ3n) is 2.02. The minimum Gasteiger partial charge on any atom is -0.465 e. The minimum absolute atomic E-state index is 0.314. The first-order valence-corrected chi connectivity index (χ1v) is 5.26. The van der Waals surface area contributed by atoms with Crippen LogP contribution in [-0.4, -0.2) is 18.1 Å². The molecule has 0 aliphatic rings. The highest BCUT2D eigenvalue weighted by molar-refractivity contribution is 7.13. The molecule has 0 spiro atoms. The van der Waals surface area contributed by atoms with Crippen LogP contribution in [0.1, 0.15) is 10.4 Å². The first-order valence-electron chi connectivity index (χ1n) is 4.38. The third kappa shape index (κ3) is 2.05. The second-order valence-electron chi connectivity index (χ2n) is 2.93. The maximum Gasteiger partial charge on any atom is 0.337 e. The lowest BCUT2D eigenvalue weighted by Gasteiger charge is -2.00. The molecule has 76 valence electrons. The summed E-state index contributed by atoms with van der Waals surface area (Å²) in [6.07, 6.45) is 1.80. The molecule has 0 aliphatic heterocycles. The predicted molar refractivity (Wildman–Crippen MR) is 58.9 cm³/mol. The average molecular weight is 219 g/mol. The fourth-order valence-electron chi connectivity index (χ4n) is 1.25. The first kappa shape index (κ1) is 9.86. The fraction of sp³-hybridized carbons (Fsp3) is 0.0909. The highest BCUT2D eigenvalue weighted by Gasteiger charge is 2.05. The summed E-state index contributed by atoms with van der Waals surface area (Å²) >= 11 is 1.57. The molecule has 0 saturated heterocycles. The van der Waals surface area contributed by atoms with Crippen LogP contribution >= 0.6 is 11.3 Å². The zero-order valence-electron chi connectivity index (χ0n) is 8.14. The summed E-state index contributed by atoms with van der Waals surface area (Å²) in [5.74, 6) is -0.314. The van der Waals surface area contributed by atoms with Gasteiger partial charge in [-0.15, -0.1) is 11.3 Å². The number of benzene rings is 1. The number of nitrogens with zero attached hydrogens (tertiary/aromatic N) is 1. The molecule has 2 aromatic rings. The summed E-state index contributed by atoms with van der Waals surface area (Å²) in [4.78, 5) is 16.3. The van der Waals surface area contributed by atoms with Gasteiger partial charge in [0.2, 0.25) is 0 Å². The van der Waals surface area contributed by atoms with Gasteiger partial charge < -0.3 is 4.74 Å². The van der Waals surface area contributed by atoms with Crippen molar-refractivity contribution < 1.29 is 9.53 Å². The van der Waals surface area contributed by atoms with E-state index in [4.69, 9.17) is 0 Å². The van der Waals surface area contributed by atoms with Crippen molar-refractivity contribution in [3.63, 3.8) is 0 Å². The molecule has 0 fully saturated rings. The van der Waals surface area contributed by atoms with Crippen LogP contribution in [0.15, 0.2) is 36.0 Å². The van der Waals surface area contributed by atoms with E-state index in [0.29, 0.717) is 5.56 Å². The molecule has 0 atom stereocenters. The molecular weight excluding hydrogens is 210 g/mol. The molecule has 0 amide bonds. The molecule has 0 aliphatic carbocycles. The lowest BCUT2D eigenvalue weighted by atomic mass is 10.1. The number of esters is 1. The van der Waals surface area contributed by atoms with Crippen molar-refractivity contribution in [1.82, 2.24) is 4.98 Å². The quantitative estimate of drug-likeness (QED) is 0.729. The molecule has 4 heteroatoms. The van der Waals surface area contributed by atoms with E-state index < -0.39 is 0 Å². The van der Waals surface area contributed by atoms with Crippen LogP contribution in [0.3, 0.4) is 0 Å². The number of methoxy groups -OCH3 is 1. The normalized spacial score (nSPS) is 9.93. The molecule has 1 heterocycles. The molecule has 0 saturated carbocycles. The Labute approximate surface area is 91.4 Å². The van der Waals surface area contributed by atoms with E-state index in [1.54, 1.807) is 35.2 Å². The Kier molecular flexibility index (Phi) is 2.78. The number of hydrogen-bond acceptors (Lipinski definition) is 4. The maximum atomic E-state index is 11.2. The summed E-state index contributed by atoms with van der Waals surface area (Å²) in [5.41, 5.74) is 3.40. The Bertz CT molecular complexity index is 448. The van der Waals surface area contributed by atoms with Gasteiger partial charge in [0.1, 0.15) is 0 Å². The molecule has 0 N–H and O–H groups in total. The average Bonchev–Trinajstić information content (AvgIpc) is 2.82. The highest BCUT2D eigenvalue weighted by Crippen LogP contribution is 2.23. The van der Waals surface area contributed by atoms with Crippen molar-refractivity contribution in [2.45, 2.75) is 0 Å². The Balaban J connectivity index is 2.29. The summed E-state index contributed by atoms with van der Waals surface area (Å²) < 4.78 is 4.62. The van der Waals surface area contributed by atoms with Gasteiger partial charge in [-0.3, -0.25) is 4.98 Å². The number of thiazole rings is 1. The Morgan fingerprint density at radius 1 is 1.33 bits per heavy atom. The monoisotopic (exact) mass is 219 g/mol. The largest absolute Gasteiger partial charge is 0.465 e. The van der Waals surface area contributed by atoms with Gasteiger partial charge in [0, 0.05) is 6.20 Å². The Morgan fingerprint density at radius 2 is 2.07 bits per heavy atom. The SMILES string of the molecule is COC(=O)c1ccc(-c2cncs2)cc1. The zero-order valence-corrected chi connectivity index (χ0v) is 8.95. The van der Waals surface area contributed by atoms with Crippen LogP contribution in [0, 0.1) is 0 Å². The van der Waals surface area contributed by atoms with Gasteiger partial charge >= 0.3 is 5.97 Å². The summed E-state index contributed by atoms with van der Waals surface area (Å²) in [5, 5.41) is 0. The summed E-state index contributed by atoms with van der Waals surface area (Å²) in [6.45, 7) is 0. The molecule has 0 bridgehead atoms. The summed E-state index contributed by atoms with van der Waals surface area (Å²) in [6, 6.07) is 7.28. The smallest absolute Gasteiger partial charge is 0.337 e. The van der Waals surface area contributed by atoms with Crippen LogP contribution in [0.25, 0.3) is 10.4 Å². The van der Waals surface area contributed by atoms with Crippen molar-refractivity contribution in [1.29, 1.82) is 0 Å². The molecular formula is C11H9NO2S. The van der Waals surface area contributed by atoms with Crippen molar-refractivity contribution in [3.05, 3.63) is 41.5 Å². The van der Waals surface area contributed by atoms with Gasteiger partial charge in [-0.1, -0.05) is 12.1 Å². The van der Waals surface area contributed by atoms with Crippen molar-refractivity contribution >= 4 is 17.3 Å². The lowest BCUT2D eigenvalue weighted by Crippen LogP contribution is -2.00. The topological polar surface area (TPSA) is 39.2 Å². The maximum absolute atomic E-state index is 11.2. The van der Waals surface area contributed by atoms with Gasteiger partial charge in [0.15, 0.2) is 0 Å². The number of carbonyl (C=O) groups is 1. The second kappa shape index (κ2) is 4.23. The predicted octanol–water partition coefficient (Wildman–Crippen LogP) is 2.60. The molecule has 0 radical (unpaired) electrons. The van der Waals surface area contributed by atoms with E-state index in [-0.39, 0.29) is 5.97 Å². The molecule has 0 unspecified atom stereocenters. The summed E-state index contributed by atoms with van der Waals surface area (Å²) in [7, 11) is 1.37. The van der Waals surface area contributed by atoms with Crippen LogP contribution in [0.5, 0.6) is 0 Å². The molecule has 3 nitrogen and oxygen atoms in total. The van der Waals surface area contributed by atoms with Gasteiger partial charge in [-0.25, -0.2) is 4.79 Å². The van der Waals surface area contributed by atoms with Crippen LogP contribution < -0.4 is 0 Å². The molecule has 1 aromatic carbocycles. The van der Waals surface area contributed by atoms with E-state index in [9.17, 15) is 4.79 Å². The number of hydrogen-bond donors (Lipinski definition) is 0. The van der Waals surface area contributed by atoms with Gasteiger partial charge in [0.25, 0.3) is 0 Å². The fourth-order valence-corrected chi connectivity index (χ4v) is 1.88. The standard InChI is InChI=1S/C11H9NO2S/c1-14-11(13)9-4-2-8(3-5-9)10-6-12-7-15-10/h2-7H,1H3. The van der Waals surface area contributed by atoms with Crippen molar-refractivity contribution in [2.75, 3.05) is 7.11 Å². The van der Waals surface area contributed by atoms with E-state index >= 15 is 0 Å². The Morgan fingerprint density at radius 3 is 2.60 bits per heavy atom. The van der Waals surface area contributed by atoms with Gasteiger partial charge in [0.05, 0.1) is 23.1 Å². The van der Waals surface area contributed by atoms with E-state index in [2.05, 4.69) is 9.72 Å². The number of rotatable bonds is 2. The van der Waals surface area contributed by atoms with E-state index in [1.165, 1.54) is 7.11 Å². The minimum atomic E-state index is -0.314. The zero-order chi connectivity index (χ0) is 10.7. The first-order chi connectivity index (χ1) is 7.31. The van der Waals surface area contributed by atoms with Gasteiger partial charge in [-0.2, -0.15) is 0 Å². The van der Waals surface area contributed by atoms with Gasteiger partial charge in [-0.05, 0) is 17.7 Å². The number of aromatic nitrogens is 1. The van der Waals surface area contributed by atoms with Crippen molar-refractivity contribution in [3.8, 4) is 10.4 Å². The second-order valence-corrected chi connectivity index (χ2v) is 3.82. The van der Waals surface area contributed by atoms with E-state index in [0.717, 1.165) is 10.4 Å². The molecule has 2 rings (SSSR count). The molecule has 1 aromatic heterocycles. The van der Waals surface area contributed by atoms with Crippen molar-refractivity contribution in [2.24, 2.45) is 0 Å². The molecule has 15 heavy (non-hydrogen) atoms.